The van der Waals surface area contributed by atoms with Gasteiger partial charge < -0.3 is 14.4 Å². The lowest BCUT2D eigenvalue weighted by Gasteiger charge is -2.34. The van der Waals surface area contributed by atoms with E-state index in [0.717, 1.165) is 10.0 Å². The van der Waals surface area contributed by atoms with Crippen LogP contribution in [-0.2, 0) is 9.47 Å². The number of rotatable bonds is 2. The molecule has 0 spiro atoms. The number of carbonyl (C=O) groups is 1. The van der Waals surface area contributed by atoms with Gasteiger partial charge in [-0.15, -0.1) is 0 Å². The molecule has 1 aliphatic carbocycles. The van der Waals surface area contributed by atoms with Crippen LogP contribution in [0.3, 0.4) is 0 Å². The van der Waals surface area contributed by atoms with E-state index in [0.29, 0.717) is 25.6 Å². The van der Waals surface area contributed by atoms with E-state index in [4.69, 9.17) is 9.47 Å². The van der Waals surface area contributed by atoms with Gasteiger partial charge in [-0.3, -0.25) is 0 Å². The summed E-state index contributed by atoms with van der Waals surface area (Å²) >= 11 is 3.63. The van der Waals surface area contributed by atoms with E-state index in [1.165, 1.54) is 18.4 Å². The van der Waals surface area contributed by atoms with Crippen LogP contribution < -0.4 is 0 Å². The third kappa shape index (κ3) is 4.27. The highest BCUT2D eigenvalue weighted by atomic mass is 79.9. The fraction of sp³-hybridized carbons (Fsp3) is 0.611. The Balaban J connectivity index is 1.73. The van der Waals surface area contributed by atoms with Crippen molar-refractivity contribution < 1.29 is 14.3 Å². The van der Waals surface area contributed by atoms with Gasteiger partial charge in [-0.1, -0.05) is 28.1 Å². The second-order valence-corrected chi connectivity index (χ2v) is 8.20. The normalized spacial score (nSPS) is 22.1. The summed E-state index contributed by atoms with van der Waals surface area (Å²) in [5, 5.41) is 0. The van der Waals surface area contributed by atoms with E-state index in [-0.39, 0.29) is 12.2 Å². The molecule has 1 atom stereocenters. The Labute approximate surface area is 146 Å². The van der Waals surface area contributed by atoms with E-state index in [1.54, 1.807) is 4.90 Å². The van der Waals surface area contributed by atoms with Crippen LogP contribution in [0.5, 0.6) is 0 Å². The van der Waals surface area contributed by atoms with Crippen LogP contribution in [0.15, 0.2) is 22.7 Å². The molecule has 0 bridgehead atoms. The maximum atomic E-state index is 12.3. The number of hydrogen-bond donors (Lipinski definition) is 0. The maximum Gasteiger partial charge on any atom is 0.410 e. The number of hydrogen-bond acceptors (Lipinski definition) is 3. The summed E-state index contributed by atoms with van der Waals surface area (Å²) in [5.74, 6) is 0.701. The molecule has 0 N–H and O–H groups in total. The highest BCUT2D eigenvalue weighted by Gasteiger charge is 2.31. The Hall–Kier alpha value is -1.07. The van der Waals surface area contributed by atoms with Gasteiger partial charge in [0.15, 0.2) is 0 Å². The lowest BCUT2D eigenvalue weighted by molar-refractivity contribution is -0.0435. The molecule has 4 nitrogen and oxygen atoms in total. The van der Waals surface area contributed by atoms with Gasteiger partial charge in [-0.05, 0) is 56.7 Å². The first-order chi connectivity index (χ1) is 10.8. The van der Waals surface area contributed by atoms with Gasteiger partial charge >= 0.3 is 6.09 Å². The average Bonchev–Trinajstić information content (AvgIpc) is 3.31. The van der Waals surface area contributed by atoms with E-state index in [1.807, 2.05) is 20.8 Å². The number of nitrogens with zero attached hydrogens (tertiary/aromatic N) is 1. The third-order valence-corrected chi connectivity index (χ3v) is 4.86. The van der Waals surface area contributed by atoms with Gasteiger partial charge in [0.2, 0.25) is 0 Å². The van der Waals surface area contributed by atoms with Gasteiger partial charge in [0.05, 0.1) is 13.2 Å². The molecule has 0 aromatic heterocycles. The van der Waals surface area contributed by atoms with Crippen molar-refractivity contribution in [1.29, 1.82) is 0 Å². The fourth-order valence-corrected chi connectivity index (χ4v) is 3.31. The fourth-order valence-electron chi connectivity index (χ4n) is 2.81. The van der Waals surface area contributed by atoms with E-state index < -0.39 is 5.60 Å². The van der Waals surface area contributed by atoms with Crippen molar-refractivity contribution in [1.82, 2.24) is 4.90 Å². The summed E-state index contributed by atoms with van der Waals surface area (Å²) in [6, 6.07) is 6.50. The molecule has 1 saturated heterocycles. The van der Waals surface area contributed by atoms with Gasteiger partial charge in [-0.2, -0.15) is 0 Å². The van der Waals surface area contributed by atoms with Gasteiger partial charge in [-0.25, -0.2) is 4.79 Å². The minimum Gasteiger partial charge on any atom is -0.444 e. The minimum atomic E-state index is -0.475. The standard InChI is InChI=1S/C18H24BrNO3/c1-18(2,3)23-17(21)20-8-9-22-16(11-20)14-10-13(12-4-5-12)6-7-15(14)19/h6-7,10,12,16H,4-5,8-9,11H2,1-3H3. The Morgan fingerprint density at radius 3 is 2.74 bits per heavy atom. The van der Waals surface area contributed by atoms with Crippen molar-refractivity contribution in [2.75, 3.05) is 19.7 Å². The van der Waals surface area contributed by atoms with Crippen LogP contribution >= 0.6 is 15.9 Å². The first kappa shape index (κ1) is 16.8. The van der Waals surface area contributed by atoms with Crippen LogP contribution in [0.25, 0.3) is 0 Å². The number of morpholine rings is 1. The largest absolute Gasteiger partial charge is 0.444 e. The zero-order valence-electron chi connectivity index (χ0n) is 14.0. The molecule has 1 aromatic rings. The number of ether oxygens (including phenoxy) is 2. The number of benzene rings is 1. The monoisotopic (exact) mass is 381 g/mol. The van der Waals surface area contributed by atoms with Crippen LogP contribution in [0.4, 0.5) is 4.79 Å². The number of halogens is 1. The summed E-state index contributed by atoms with van der Waals surface area (Å²) in [6.07, 6.45) is 2.18. The highest BCUT2D eigenvalue weighted by molar-refractivity contribution is 9.10. The first-order valence-electron chi connectivity index (χ1n) is 8.22. The molecule has 1 aromatic carbocycles. The third-order valence-electron chi connectivity index (χ3n) is 4.13. The molecule has 1 amide bonds. The van der Waals surface area contributed by atoms with Crippen LogP contribution in [0.2, 0.25) is 0 Å². The van der Waals surface area contributed by atoms with Crippen molar-refractivity contribution in [3.63, 3.8) is 0 Å². The lowest BCUT2D eigenvalue weighted by atomic mass is 10.0. The molecular formula is C18H24BrNO3. The quantitative estimate of drug-likeness (QED) is 0.748. The molecule has 126 valence electrons. The van der Waals surface area contributed by atoms with Crippen molar-refractivity contribution in [2.45, 2.75) is 51.2 Å². The molecule has 1 heterocycles. The van der Waals surface area contributed by atoms with Crippen molar-refractivity contribution in [2.24, 2.45) is 0 Å². The summed E-state index contributed by atoms with van der Waals surface area (Å²) in [5.41, 5.74) is 2.03. The van der Waals surface area contributed by atoms with Crippen molar-refractivity contribution in [3.05, 3.63) is 33.8 Å². The second-order valence-electron chi connectivity index (χ2n) is 7.34. The maximum absolute atomic E-state index is 12.3. The SMILES string of the molecule is CC(C)(C)OC(=O)N1CCOC(c2cc(C3CC3)ccc2Br)C1. The Morgan fingerprint density at radius 2 is 2.09 bits per heavy atom. The predicted molar refractivity (Wildman–Crippen MR) is 92.6 cm³/mol. The molecule has 3 rings (SSSR count). The smallest absolute Gasteiger partial charge is 0.410 e. The molecule has 2 aliphatic rings. The molecule has 5 heteroatoms. The summed E-state index contributed by atoms with van der Waals surface area (Å²) < 4.78 is 12.5. The average molecular weight is 382 g/mol. The Bertz CT molecular complexity index is 592. The predicted octanol–water partition coefficient (Wildman–Crippen LogP) is 4.63. The van der Waals surface area contributed by atoms with Gasteiger partial charge in [0.1, 0.15) is 11.7 Å². The van der Waals surface area contributed by atoms with Crippen LogP contribution in [-0.4, -0.2) is 36.3 Å². The van der Waals surface area contributed by atoms with Crippen molar-refractivity contribution in [3.8, 4) is 0 Å². The van der Waals surface area contributed by atoms with Crippen molar-refractivity contribution >= 4 is 22.0 Å². The zero-order chi connectivity index (χ0) is 16.6. The topological polar surface area (TPSA) is 38.8 Å². The van der Waals surface area contributed by atoms with E-state index >= 15 is 0 Å². The molecule has 0 radical (unpaired) electrons. The van der Waals surface area contributed by atoms with Gasteiger partial charge in [0.25, 0.3) is 0 Å². The van der Waals surface area contributed by atoms with E-state index in [2.05, 4.69) is 34.1 Å². The summed E-state index contributed by atoms with van der Waals surface area (Å²) in [6.45, 7) is 7.30. The minimum absolute atomic E-state index is 0.107. The number of carbonyl (C=O) groups excluding carboxylic acids is 1. The Morgan fingerprint density at radius 1 is 1.35 bits per heavy atom. The highest BCUT2D eigenvalue weighted by Crippen LogP contribution is 2.42. The second kappa shape index (κ2) is 6.44. The molecule has 1 unspecified atom stereocenters. The Kier molecular flexibility index (Phi) is 4.70. The van der Waals surface area contributed by atoms with E-state index in [9.17, 15) is 4.79 Å². The molecule has 2 fully saturated rings. The van der Waals surface area contributed by atoms with Crippen LogP contribution in [0, 0.1) is 0 Å². The first-order valence-corrected chi connectivity index (χ1v) is 9.01. The lowest BCUT2D eigenvalue weighted by Crippen LogP contribution is -2.44. The molecule has 23 heavy (non-hydrogen) atoms. The zero-order valence-corrected chi connectivity index (χ0v) is 15.6. The summed E-state index contributed by atoms with van der Waals surface area (Å²) in [7, 11) is 0. The molecule has 1 aliphatic heterocycles. The van der Waals surface area contributed by atoms with Gasteiger partial charge in [0, 0.05) is 11.0 Å². The van der Waals surface area contributed by atoms with Crippen LogP contribution in [0.1, 0.15) is 56.8 Å². The summed E-state index contributed by atoms with van der Waals surface area (Å²) in [4.78, 5) is 14.0. The number of amides is 1. The molecular weight excluding hydrogens is 358 g/mol. The molecule has 1 saturated carbocycles.